The number of rotatable bonds is 9. The normalized spacial score (nSPS) is 18.2. The van der Waals surface area contributed by atoms with Crippen LogP contribution in [0.5, 0.6) is 0 Å². The summed E-state index contributed by atoms with van der Waals surface area (Å²) in [4.78, 5) is 12.8. The van der Waals surface area contributed by atoms with E-state index in [0.29, 0.717) is 32.5 Å². The molecule has 1 atom stereocenters. The number of nitrogens with one attached hydrogen (secondary N) is 1. The van der Waals surface area contributed by atoms with E-state index in [0.717, 1.165) is 23.9 Å². The zero-order chi connectivity index (χ0) is 21.7. The lowest BCUT2D eigenvalue weighted by Gasteiger charge is -2.31. The summed E-state index contributed by atoms with van der Waals surface area (Å²) in [6.45, 7) is 8.67. The molecule has 1 aliphatic heterocycles. The molecule has 0 spiro atoms. The first-order valence-electron chi connectivity index (χ1n) is 10.8. The number of fused-ring (bicyclic) bond motifs is 1. The lowest BCUT2D eigenvalue weighted by atomic mass is 9.99. The van der Waals surface area contributed by atoms with Crippen LogP contribution < -0.4 is 5.32 Å². The second-order valence-corrected chi connectivity index (χ2v) is 10.0. The molecule has 1 unspecified atom stereocenters. The molecular formula is C22H33N3O4S. The number of sulfonamides is 1. The van der Waals surface area contributed by atoms with Crippen molar-refractivity contribution in [2.24, 2.45) is 5.92 Å². The molecule has 1 aromatic carbocycles. The number of benzene rings is 1. The molecule has 1 aromatic heterocycles. The van der Waals surface area contributed by atoms with Gasteiger partial charge in [-0.1, -0.05) is 0 Å². The Morgan fingerprint density at radius 1 is 1.30 bits per heavy atom. The molecule has 166 valence electrons. The molecule has 1 saturated heterocycles. The van der Waals surface area contributed by atoms with Gasteiger partial charge in [0.15, 0.2) is 0 Å². The highest BCUT2D eigenvalue weighted by molar-refractivity contribution is 7.89. The van der Waals surface area contributed by atoms with Crippen LogP contribution in [-0.2, 0) is 26.1 Å². The Hall–Kier alpha value is -1.90. The SMILES string of the molecule is CCn1ccc2cc(S(=O)(=O)N3CCCC(C(=O)NCCCOC(C)C)C3)ccc21. The molecule has 30 heavy (non-hydrogen) atoms. The summed E-state index contributed by atoms with van der Waals surface area (Å²) >= 11 is 0. The number of aromatic nitrogens is 1. The van der Waals surface area contributed by atoms with Crippen molar-refractivity contribution in [1.82, 2.24) is 14.2 Å². The zero-order valence-electron chi connectivity index (χ0n) is 18.1. The van der Waals surface area contributed by atoms with Gasteiger partial charge in [-0.05, 0) is 64.3 Å². The lowest BCUT2D eigenvalue weighted by molar-refractivity contribution is -0.126. The van der Waals surface area contributed by atoms with Crippen molar-refractivity contribution in [3.05, 3.63) is 30.5 Å². The Kier molecular flexibility index (Phi) is 7.55. The molecule has 0 aliphatic carbocycles. The van der Waals surface area contributed by atoms with Crippen molar-refractivity contribution in [2.45, 2.75) is 57.6 Å². The number of hydrogen-bond donors (Lipinski definition) is 1. The van der Waals surface area contributed by atoms with E-state index in [2.05, 4.69) is 16.8 Å². The first-order chi connectivity index (χ1) is 14.3. The predicted octanol–water partition coefficient (Wildman–Crippen LogP) is 2.99. The molecule has 0 bridgehead atoms. The summed E-state index contributed by atoms with van der Waals surface area (Å²) in [5, 5.41) is 3.84. The molecule has 0 radical (unpaired) electrons. The van der Waals surface area contributed by atoms with Gasteiger partial charge >= 0.3 is 0 Å². The average molecular weight is 436 g/mol. The van der Waals surface area contributed by atoms with Gasteiger partial charge in [0.25, 0.3) is 0 Å². The van der Waals surface area contributed by atoms with Crippen LogP contribution in [0.1, 0.15) is 40.0 Å². The minimum absolute atomic E-state index is 0.0741. The molecule has 1 aliphatic rings. The summed E-state index contributed by atoms with van der Waals surface area (Å²) in [7, 11) is -3.63. The molecule has 7 nitrogen and oxygen atoms in total. The maximum atomic E-state index is 13.2. The molecule has 2 aromatic rings. The number of hydrogen-bond acceptors (Lipinski definition) is 4. The van der Waals surface area contributed by atoms with Crippen molar-refractivity contribution >= 4 is 26.8 Å². The quantitative estimate of drug-likeness (QED) is 0.614. The Morgan fingerprint density at radius 3 is 2.83 bits per heavy atom. The number of aryl methyl sites for hydroxylation is 1. The fourth-order valence-electron chi connectivity index (χ4n) is 3.89. The van der Waals surface area contributed by atoms with E-state index in [4.69, 9.17) is 4.74 Å². The fraction of sp³-hybridized carbons (Fsp3) is 0.591. The van der Waals surface area contributed by atoms with Crippen LogP contribution in [0, 0.1) is 5.92 Å². The highest BCUT2D eigenvalue weighted by Gasteiger charge is 2.33. The second kappa shape index (κ2) is 9.94. The van der Waals surface area contributed by atoms with Crippen LogP contribution in [0.2, 0.25) is 0 Å². The molecule has 1 fully saturated rings. The van der Waals surface area contributed by atoms with Crippen molar-refractivity contribution < 1.29 is 17.9 Å². The standard InChI is InChI=1S/C22H33N3O4S/c1-4-24-13-10-18-15-20(8-9-21(18)24)30(27,28)25-12-5-7-19(16-25)22(26)23-11-6-14-29-17(2)3/h8-10,13,15,17,19H,4-7,11-12,14,16H2,1-3H3,(H,23,26). The highest BCUT2D eigenvalue weighted by atomic mass is 32.2. The van der Waals surface area contributed by atoms with Crippen LogP contribution in [0.3, 0.4) is 0 Å². The van der Waals surface area contributed by atoms with Crippen LogP contribution in [0.15, 0.2) is 35.4 Å². The van der Waals surface area contributed by atoms with Crippen molar-refractivity contribution in [3.63, 3.8) is 0 Å². The summed E-state index contributed by atoms with van der Waals surface area (Å²) in [5.41, 5.74) is 1.02. The molecule has 1 N–H and O–H groups in total. The van der Waals surface area contributed by atoms with Gasteiger partial charge in [-0.15, -0.1) is 0 Å². The Bertz CT molecular complexity index is 968. The third-order valence-corrected chi connectivity index (χ3v) is 7.41. The predicted molar refractivity (Wildman–Crippen MR) is 118 cm³/mol. The molecule has 3 rings (SSSR count). The molecule has 2 heterocycles. The Morgan fingerprint density at radius 2 is 2.10 bits per heavy atom. The maximum Gasteiger partial charge on any atom is 0.243 e. The van der Waals surface area contributed by atoms with Crippen molar-refractivity contribution in [3.8, 4) is 0 Å². The van der Waals surface area contributed by atoms with Gasteiger partial charge in [-0.2, -0.15) is 4.31 Å². The van der Waals surface area contributed by atoms with Crippen molar-refractivity contribution in [2.75, 3.05) is 26.2 Å². The maximum absolute atomic E-state index is 13.2. The van der Waals surface area contributed by atoms with Gasteiger partial charge in [0.1, 0.15) is 0 Å². The monoisotopic (exact) mass is 435 g/mol. The minimum Gasteiger partial charge on any atom is -0.379 e. The number of piperidine rings is 1. The highest BCUT2D eigenvalue weighted by Crippen LogP contribution is 2.27. The fourth-order valence-corrected chi connectivity index (χ4v) is 5.45. The third-order valence-electron chi connectivity index (χ3n) is 5.55. The van der Waals surface area contributed by atoms with Gasteiger partial charge in [-0.25, -0.2) is 8.42 Å². The van der Waals surface area contributed by atoms with Crippen LogP contribution in [-0.4, -0.2) is 55.5 Å². The number of nitrogens with zero attached hydrogens (tertiary/aromatic N) is 2. The van der Waals surface area contributed by atoms with Crippen LogP contribution >= 0.6 is 0 Å². The second-order valence-electron chi connectivity index (χ2n) is 8.09. The molecule has 0 saturated carbocycles. The van der Waals surface area contributed by atoms with Gasteiger partial charge in [-0.3, -0.25) is 4.79 Å². The van der Waals surface area contributed by atoms with E-state index >= 15 is 0 Å². The molecular weight excluding hydrogens is 402 g/mol. The third kappa shape index (κ3) is 5.22. The summed E-state index contributed by atoms with van der Waals surface area (Å²) in [5.74, 6) is -0.389. The van der Waals surface area contributed by atoms with Crippen LogP contribution in [0.4, 0.5) is 0 Å². The largest absolute Gasteiger partial charge is 0.379 e. The van der Waals surface area contributed by atoms with Gasteiger partial charge < -0.3 is 14.6 Å². The molecule has 8 heteroatoms. The first-order valence-corrected chi connectivity index (χ1v) is 12.2. The summed E-state index contributed by atoms with van der Waals surface area (Å²) in [6.07, 6.45) is 4.28. The van der Waals surface area contributed by atoms with Crippen molar-refractivity contribution in [1.29, 1.82) is 0 Å². The van der Waals surface area contributed by atoms with E-state index in [-0.39, 0.29) is 29.4 Å². The number of ether oxygens (including phenoxy) is 1. The Labute approximate surface area is 179 Å². The lowest BCUT2D eigenvalue weighted by Crippen LogP contribution is -2.45. The number of carbonyl (C=O) groups is 1. The average Bonchev–Trinajstić information content (AvgIpc) is 3.15. The van der Waals surface area contributed by atoms with E-state index in [1.807, 2.05) is 32.2 Å². The smallest absolute Gasteiger partial charge is 0.243 e. The van der Waals surface area contributed by atoms with E-state index in [1.54, 1.807) is 12.1 Å². The van der Waals surface area contributed by atoms with E-state index < -0.39 is 10.0 Å². The zero-order valence-corrected chi connectivity index (χ0v) is 19.0. The molecule has 1 amide bonds. The van der Waals surface area contributed by atoms with E-state index in [1.165, 1.54) is 4.31 Å². The summed E-state index contributed by atoms with van der Waals surface area (Å²) in [6, 6.07) is 7.20. The first kappa shape index (κ1) is 22.8. The van der Waals surface area contributed by atoms with Crippen LogP contribution in [0.25, 0.3) is 10.9 Å². The minimum atomic E-state index is -3.63. The van der Waals surface area contributed by atoms with Gasteiger partial charge in [0, 0.05) is 49.9 Å². The topological polar surface area (TPSA) is 80.6 Å². The Balaban J connectivity index is 1.63. The van der Waals surface area contributed by atoms with Gasteiger partial charge in [0.2, 0.25) is 15.9 Å². The van der Waals surface area contributed by atoms with E-state index in [9.17, 15) is 13.2 Å². The summed E-state index contributed by atoms with van der Waals surface area (Å²) < 4.78 is 35.4. The number of carbonyl (C=O) groups excluding carboxylic acids is 1. The van der Waals surface area contributed by atoms with Gasteiger partial charge in [0.05, 0.1) is 16.9 Å². The number of amides is 1.